The van der Waals surface area contributed by atoms with Crippen molar-refractivity contribution in [3.8, 4) is 5.75 Å². The normalized spacial score (nSPS) is 14.2. The van der Waals surface area contributed by atoms with Crippen molar-refractivity contribution in [3.05, 3.63) is 53.3 Å². The zero-order valence-electron chi connectivity index (χ0n) is 13.8. The molecule has 0 radical (unpaired) electrons. The second-order valence-electron chi connectivity index (χ2n) is 5.98. The van der Waals surface area contributed by atoms with E-state index >= 15 is 0 Å². The highest BCUT2D eigenvalue weighted by atomic mass is 35.5. The van der Waals surface area contributed by atoms with Crippen LogP contribution in [-0.2, 0) is 4.79 Å². The summed E-state index contributed by atoms with van der Waals surface area (Å²) in [4.78, 5) is 14.4. The van der Waals surface area contributed by atoms with Crippen molar-refractivity contribution < 1.29 is 13.9 Å². The Labute approximate surface area is 151 Å². The lowest BCUT2D eigenvalue weighted by atomic mass is 10.1. The van der Waals surface area contributed by atoms with E-state index in [1.165, 1.54) is 18.6 Å². The van der Waals surface area contributed by atoms with Crippen LogP contribution in [0.4, 0.5) is 15.8 Å². The van der Waals surface area contributed by atoms with Gasteiger partial charge in [-0.3, -0.25) is 4.79 Å². The van der Waals surface area contributed by atoms with Crippen LogP contribution in [-0.4, -0.2) is 25.6 Å². The van der Waals surface area contributed by atoms with E-state index in [0.717, 1.165) is 31.6 Å². The van der Waals surface area contributed by atoms with Crippen molar-refractivity contribution >= 4 is 28.9 Å². The van der Waals surface area contributed by atoms with Gasteiger partial charge in [0.2, 0.25) is 0 Å². The zero-order valence-corrected chi connectivity index (χ0v) is 14.6. The van der Waals surface area contributed by atoms with E-state index in [1.54, 1.807) is 30.3 Å². The highest BCUT2D eigenvalue weighted by molar-refractivity contribution is 6.32. The van der Waals surface area contributed by atoms with Gasteiger partial charge in [0.25, 0.3) is 5.91 Å². The molecule has 2 aromatic rings. The number of hydrogen-bond donors (Lipinski definition) is 1. The van der Waals surface area contributed by atoms with E-state index in [-0.39, 0.29) is 18.3 Å². The average molecular weight is 363 g/mol. The number of carbonyl (C=O) groups is 1. The summed E-state index contributed by atoms with van der Waals surface area (Å²) in [6.45, 7) is 1.62. The van der Waals surface area contributed by atoms with Crippen molar-refractivity contribution in [3.63, 3.8) is 0 Å². The molecule has 1 N–H and O–H groups in total. The van der Waals surface area contributed by atoms with Gasteiger partial charge in [-0.1, -0.05) is 23.7 Å². The first-order valence-corrected chi connectivity index (χ1v) is 8.73. The SMILES string of the molecule is O=C(COc1ccccc1Cl)Nc1cc(F)ccc1N1CCCCC1. The molecule has 0 saturated carbocycles. The number of nitrogens with one attached hydrogen (secondary N) is 1. The molecule has 1 heterocycles. The molecule has 6 heteroatoms. The summed E-state index contributed by atoms with van der Waals surface area (Å²) in [5.41, 5.74) is 1.31. The Balaban J connectivity index is 1.68. The third kappa shape index (κ3) is 4.63. The van der Waals surface area contributed by atoms with Crippen LogP contribution < -0.4 is 15.0 Å². The van der Waals surface area contributed by atoms with Crippen LogP contribution in [0.5, 0.6) is 5.75 Å². The molecular formula is C19H20ClFN2O2. The first-order chi connectivity index (χ1) is 12.1. The van der Waals surface area contributed by atoms with Crippen molar-refractivity contribution in [1.82, 2.24) is 0 Å². The molecule has 1 aliphatic heterocycles. The van der Waals surface area contributed by atoms with Gasteiger partial charge < -0.3 is 15.0 Å². The number of halogens is 2. The number of hydrogen-bond acceptors (Lipinski definition) is 3. The fraction of sp³-hybridized carbons (Fsp3) is 0.316. The van der Waals surface area contributed by atoms with Gasteiger partial charge in [0.05, 0.1) is 16.4 Å². The molecule has 1 fully saturated rings. The Morgan fingerprint density at radius 1 is 1.16 bits per heavy atom. The van der Waals surface area contributed by atoms with Crippen LogP contribution in [0.3, 0.4) is 0 Å². The van der Waals surface area contributed by atoms with E-state index in [2.05, 4.69) is 10.2 Å². The molecule has 132 valence electrons. The van der Waals surface area contributed by atoms with E-state index in [4.69, 9.17) is 16.3 Å². The van der Waals surface area contributed by atoms with Gasteiger partial charge in [-0.05, 0) is 49.6 Å². The predicted octanol–water partition coefficient (Wildman–Crippen LogP) is 4.49. The van der Waals surface area contributed by atoms with Crippen LogP contribution in [0.15, 0.2) is 42.5 Å². The average Bonchev–Trinajstić information content (AvgIpc) is 2.62. The number of anilines is 2. The number of carbonyl (C=O) groups excluding carboxylic acids is 1. The monoisotopic (exact) mass is 362 g/mol. The second-order valence-corrected chi connectivity index (χ2v) is 6.38. The Morgan fingerprint density at radius 2 is 1.92 bits per heavy atom. The Bertz CT molecular complexity index is 748. The van der Waals surface area contributed by atoms with Crippen molar-refractivity contribution in [2.45, 2.75) is 19.3 Å². The first-order valence-electron chi connectivity index (χ1n) is 8.35. The smallest absolute Gasteiger partial charge is 0.262 e. The third-order valence-electron chi connectivity index (χ3n) is 4.12. The molecule has 1 saturated heterocycles. The highest BCUT2D eigenvalue weighted by Gasteiger charge is 2.17. The molecule has 4 nitrogen and oxygen atoms in total. The van der Waals surface area contributed by atoms with Gasteiger partial charge in [0, 0.05) is 13.1 Å². The molecule has 0 aliphatic carbocycles. The molecule has 0 bridgehead atoms. The minimum Gasteiger partial charge on any atom is -0.482 e. The maximum absolute atomic E-state index is 13.6. The summed E-state index contributed by atoms with van der Waals surface area (Å²) in [6.07, 6.45) is 3.39. The van der Waals surface area contributed by atoms with Crippen LogP contribution in [0, 0.1) is 5.82 Å². The number of rotatable bonds is 5. The number of nitrogens with zero attached hydrogens (tertiary/aromatic N) is 1. The fourth-order valence-electron chi connectivity index (χ4n) is 2.91. The molecule has 0 spiro atoms. The van der Waals surface area contributed by atoms with Crippen molar-refractivity contribution in [1.29, 1.82) is 0 Å². The lowest BCUT2D eigenvalue weighted by Gasteiger charge is -2.30. The van der Waals surface area contributed by atoms with Gasteiger partial charge in [-0.15, -0.1) is 0 Å². The summed E-state index contributed by atoms with van der Waals surface area (Å²) in [7, 11) is 0. The number of ether oxygens (including phenoxy) is 1. The second kappa shape index (κ2) is 8.21. The lowest BCUT2D eigenvalue weighted by molar-refractivity contribution is -0.118. The molecule has 1 aliphatic rings. The predicted molar refractivity (Wildman–Crippen MR) is 98.0 cm³/mol. The molecule has 3 rings (SSSR count). The minimum absolute atomic E-state index is 0.195. The van der Waals surface area contributed by atoms with Gasteiger partial charge in [0.15, 0.2) is 6.61 Å². The van der Waals surface area contributed by atoms with Gasteiger partial charge in [0.1, 0.15) is 11.6 Å². The molecule has 2 aromatic carbocycles. The maximum Gasteiger partial charge on any atom is 0.262 e. The number of para-hydroxylation sites is 1. The van der Waals surface area contributed by atoms with Gasteiger partial charge in [-0.2, -0.15) is 0 Å². The van der Waals surface area contributed by atoms with Crippen LogP contribution >= 0.6 is 11.6 Å². The van der Waals surface area contributed by atoms with Crippen LogP contribution in [0.2, 0.25) is 5.02 Å². The number of amides is 1. The van der Waals surface area contributed by atoms with Gasteiger partial charge in [-0.25, -0.2) is 4.39 Å². The van der Waals surface area contributed by atoms with Crippen LogP contribution in [0.25, 0.3) is 0 Å². The third-order valence-corrected chi connectivity index (χ3v) is 4.44. The fourth-order valence-corrected chi connectivity index (χ4v) is 3.10. The summed E-state index contributed by atoms with van der Waals surface area (Å²) in [5, 5.41) is 3.19. The number of benzene rings is 2. The minimum atomic E-state index is -0.386. The quantitative estimate of drug-likeness (QED) is 0.852. The maximum atomic E-state index is 13.6. The zero-order chi connectivity index (χ0) is 17.6. The van der Waals surface area contributed by atoms with E-state index in [9.17, 15) is 9.18 Å². The molecule has 25 heavy (non-hydrogen) atoms. The highest BCUT2D eigenvalue weighted by Crippen LogP contribution is 2.29. The molecule has 1 amide bonds. The van der Waals surface area contributed by atoms with E-state index in [0.29, 0.717) is 16.5 Å². The Morgan fingerprint density at radius 3 is 2.68 bits per heavy atom. The van der Waals surface area contributed by atoms with E-state index < -0.39 is 0 Å². The summed E-state index contributed by atoms with van der Waals surface area (Å²) in [5.74, 6) is -0.304. The molecule has 0 aromatic heterocycles. The molecular weight excluding hydrogens is 343 g/mol. The standard InChI is InChI=1S/C19H20ClFN2O2/c20-15-6-2-3-7-18(15)25-13-19(24)22-16-12-14(21)8-9-17(16)23-10-4-1-5-11-23/h2-3,6-9,12H,1,4-5,10-11,13H2,(H,22,24). The van der Waals surface area contributed by atoms with Gasteiger partial charge >= 0.3 is 0 Å². The van der Waals surface area contributed by atoms with E-state index in [1.807, 2.05) is 0 Å². The Hall–Kier alpha value is -2.27. The molecule has 0 unspecified atom stereocenters. The topological polar surface area (TPSA) is 41.6 Å². The summed E-state index contributed by atoms with van der Waals surface area (Å²) < 4.78 is 19.1. The largest absolute Gasteiger partial charge is 0.482 e. The van der Waals surface area contributed by atoms with Crippen molar-refractivity contribution in [2.75, 3.05) is 29.9 Å². The van der Waals surface area contributed by atoms with Crippen molar-refractivity contribution in [2.24, 2.45) is 0 Å². The number of piperidine rings is 1. The Kier molecular flexibility index (Phi) is 5.76. The lowest BCUT2D eigenvalue weighted by Crippen LogP contribution is -2.31. The summed E-state index contributed by atoms with van der Waals surface area (Å²) >= 11 is 6.00. The molecule has 0 atom stereocenters. The first kappa shape index (κ1) is 17.5. The summed E-state index contributed by atoms with van der Waals surface area (Å²) in [6, 6.07) is 11.4. The van der Waals surface area contributed by atoms with Crippen LogP contribution in [0.1, 0.15) is 19.3 Å².